The molecular weight excluding hydrogens is 166 g/mol. The van der Waals surface area contributed by atoms with Gasteiger partial charge in [0, 0.05) is 6.54 Å². The first-order valence-electron chi connectivity index (χ1n) is 5.07. The lowest BCUT2D eigenvalue weighted by molar-refractivity contribution is 0.0296. The van der Waals surface area contributed by atoms with Crippen LogP contribution in [-0.4, -0.2) is 18.2 Å². The van der Waals surface area contributed by atoms with Gasteiger partial charge in [0.2, 0.25) is 0 Å². The Balaban J connectivity index is 2.44. The highest BCUT2D eigenvalue weighted by atomic mass is 16.6. The van der Waals surface area contributed by atoms with Crippen LogP contribution in [0.5, 0.6) is 0 Å². The van der Waals surface area contributed by atoms with Gasteiger partial charge in [-0.25, -0.2) is 4.79 Å². The van der Waals surface area contributed by atoms with Crippen LogP contribution in [0.4, 0.5) is 4.79 Å². The fraction of sp³-hybridized carbons (Fsp3) is 0.900. The van der Waals surface area contributed by atoms with E-state index in [1.807, 2.05) is 13.8 Å². The molecule has 0 aliphatic carbocycles. The molecule has 1 rings (SSSR count). The van der Waals surface area contributed by atoms with Gasteiger partial charge in [-0.15, -0.1) is 0 Å². The van der Waals surface area contributed by atoms with Gasteiger partial charge in [0.05, 0.1) is 0 Å². The van der Waals surface area contributed by atoms with Crippen molar-refractivity contribution >= 4 is 6.09 Å². The van der Waals surface area contributed by atoms with Crippen LogP contribution in [0.1, 0.15) is 46.0 Å². The summed E-state index contributed by atoms with van der Waals surface area (Å²) in [6, 6.07) is 0. The third-order valence-corrected chi connectivity index (χ3v) is 2.34. The van der Waals surface area contributed by atoms with Gasteiger partial charge in [-0.1, -0.05) is 12.8 Å². The van der Waals surface area contributed by atoms with Gasteiger partial charge in [0.15, 0.2) is 0 Å². The molecule has 1 fully saturated rings. The van der Waals surface area contributed by atoms with E-state index >= 15 is 0 Å². The number of rotatable bonds is 0. The fourth-order valence-electron chi connectivity index (χ4n) is 1.56. The minimum absolute atomic E-state index is 0.271. The summed E-state index contributed by atoms with van der Waals surface area (Å²) in [5, 5.41) is 2.75. The summed E-state index contributed by atoms with van der Waals surface area (Å²) in [7, 11) is 0. The summed E-state index contributed by atoms with van der Waals surface area (Å²) in [6.07, 6.45) is 5.35. The maximum absolute atomic E-state index is 11.2. The predicted molar refractivity (Wildman–Crippen MR) is 51.6 cm³/mol. The Morgan fingerprint density at radius 3 is 2.69 bits per heavy atom. The molecule has 1 N–H and O–H groups in total. The van der Waals surface area contributed by atoms with Crippen molar-refractivity contribution in [3.05, 3.63) is 0 Å². The molecule has 76 valence electrons. The molecule has 1 aliphatic rings. The maximum Gasteiger partial charge on any atom is 0.407 e. The molecule has 0 aromatic carbocycles. The first kappa shape index (κ1) is 10.4. The molecule has 0 atom stereocenters. The van der Waals surface area contributed by atoms with E-state index in [0.717, 1.165) is 25.8 Å². The Bertz CT molecular complexity index is 178. The molecule has 0 radical (unpaired) electrons. The second kappa shape index (κ2) is 4.49. The van der Waals surface area contributed by atoms with Crippen LogP contribution in [0.25, 0.3) is 0 Å². The molecule has 0 aromatic rings. The third kappa shape index (κ3) is 4.15. The molecule has 0 unspecified atom stereocenters. The van der Waals surface area contributed by atoms with E-state index in [1.54, 1.807) is 0 Å². The van der Waals surface area contributed by atoms with Gasteiger partial charge >= 0.3 is 6.09 Å². The highest BCUT2D eigenvalue weighted by Crippen LogP contribution is 2.19. The van der Waals surface area contributed by atoms with Crippen molar-refractivity contribution in [2.45, 2.75) is 51.6 Å². The van der Waals surface area contributed by atoms with Crippen LogP contribution in [0.3, 0.4) is 0 Å². The second-order valence-electron chi connectivity index (χ2n) is 4.24. The molecule has 0 saturated carbocycles. The lowest BCUT2D eigenvalue weighted by Gasteiger charge is -2.26. The normalized spacial score (nSPS) is 24.3. The summed E-state index contributed by atoms with van der Waals surface area (Å²) in [5.41, 5.74) is -0.304. The average Bonchev–Trinajstić information content (AvgIpc) is 2.01. The van der Waals surface area contributed by atoms with Crippen LogP contribution >= 0.6 is 0 Å². The van der Waals surface area contributed by atoms with Gasteiger partial charge in [0.1, 0.15) is 5.60 Å². The SMILES string of the molecule is CC1(C)CCCCCCNC(=O)O1. The van der Waals surface area contributed by atoms with Crippen molar-refractivity contribution < 1.29 is 9.53 Å². The lowest BCUT2D eigenvalue weighted by Crippen LogP contribution is -2.35. The smallest absolute Gasteiger partial charge is 0.407 e. The van der Waals surface area contributed by atoms with Gasteiger partial charge in [-0.05, 0) is 33.1 Å². The minimum atomic E-state index is -0.304. The van der Waals surface area contributed by atoms with Gasteiger partial charge in [0.25, 0.3) is 0 Å². The van der Waals surface area contributed by atoms with E-state index in [0.29, 0.717) is 0 Å². The highest BCUT2D eigenvalue weighted by molar-refractivity contribution is 5.67. The number of alkyl carbamates (subject to hydrolysis) is 1. The van der Waals surface area contributed by atoms with E-state index in [-0.39, 0.29) is 11.7 Å². The van der Waals surface area contributed by atoms with Crippen molar-refractivity contribution in [1.29, 1.82) is 0 Å². The van der Waals surface area contributed by atoms with E-state index in [4.69, 9.17) is 4.74 Å². The lowest BCUT2D eigenvalue weighted by atomic mass is 9.99. The minimum Gasteiger partial charge on any atom is -0.444 e. The number of carbonyl (C=O) groups excluding carboxylic acids is 1. The van der Waals surface area contributed by atoms with Gasteiger partial charge in [-0.2, -0.15) is 0 Å². The fourth-order valence-corrected chi connectivity index (χ4v) is 1.56. The zero-order valence-electron chi connectivity index (χ0n) is 8.56. The maximum atomic E-state index is 11.2. The topological polar surface area (TPSA) is 38.3 Å². The molecule has 0 spiro atoms. The third-order valence-electron chi connectivity index (χ3n) is 2.34. The molecule has 1 amide bonds. The molecule has 3 nitrogen and oxygen atoms in total. The average molecular weight is 185 g/mol. The standard InChI is InChI=1S/C10H19NO2/c1-10(2)7-5-3-4-6-8-11-9(12)13-10/h3-8H2,1-2H3,(H,11,12). The number of ether oxygens (including phenoxy) is 1. The summed E-state index contributed by atoms with van der Waals surface area (Å²) in [6.45, 7) is 4.68. The van der Waals surface area contributed by atoms with Crippen LogP contribution in [-0.2, 0) is 4.74 Å². The summed E-state index contributed by atoms with van der Waals surface area (Å²) < 4.78 is 5.26. The predicted octanol–water partition coefficient (Wildman–Crippen LogP) is 2.46. The number of nitrogens with one attached hydrogen (secondary N) is 1. The van der Waals surface area contributed by atoms with Gasteiger partial charge in [-0.3, -0.25) is 0 Å². The number of amides is 1. The highest BCUT2D eigenvalue weighted by Gasteiger charge is 2.22. The number of cyclic esters (lactones) is 1. The van der Waals surface area contributed by atoms with Crippen LogP contribution in [0.15, 0.2) is 0 Å². The van der Waals surface area contributed by atoms with Crippen molar-refractivity contribution in [3.63, 3.8) is 0 Å². The molecular formula is C10H19NO2. The Hall–Kier alpha value is -0.730. The molecule has 3 heteroatoms. The van der Waals surface area contributed by atoms with E-state index < -0.39 is 0 Å². The summed E-state index contributed by atoms with van der Waals surface area (Å²) >= 11 is 0. The molecule has 0 bridgehead atoms. The Morgan fingerprint density at radius 1 is 1.23 bits per heavy atom. The van der Waals surface area contributed by atoms with E-state index in [2.05, 4.69) is 5.32 Å². The Morgan fingerprint density at radius 2 is 1.92 bits per heavy atom. The molecule has 1 saturated heterocycles. The second-order valence-corrected chi connectivity index (χ2v) is 4.24. The van der Waals surface area contributed by atoms with Crippen molar-refractivity contribution in [3.8, 4) is 0 Å². The number of carbonyl (C=O) groups is 1. The number of hydrogen-bond acceptors (Lipinski definition) is 2. The van der Waals surface area contributed by atoms with Crippen molar-refractivity contribution in [2.24, 2.45) is 0 Å². The Labute approximate surface area is 79.8 Å². The van der Waals surface area contributed by atoms with Crippen molar-refractivity contribution in [2.75, 3.05) is 6.54 Å². The van der Waals surface area contributed by atoms with E-state index in [1.165, 1.54) is 12.8 Å². The van der Waals surface area contributed by atoms with Crippen molar-refractivity contribution in [1.82, 2.24) is 5.32 Å². The number of hydrogen-bond donors (Lipinski definition) is 1. The van der Waals surface area contributed by atoms with Gasteiger partial charge < -0.3 is 10.1 Å². The summed E-state index contributed by atoms with van der Waals surface area (Å²) in [5.74, 6) is 0. The van der Waals surface area contributed by atoms with Crippen LogP contribution in [0, 0.1) is 0 Å². The first-order valence-corrected chi connectivity index (χ1v) is 5.07. The molecule has 1 aliphatic heterocycles. The van der Waals surface area contributed by atoms with E-state index in [9.17, 15) is 4.79 Å². The first-order chi connectivity index (χ1) is 6.10. The quantitative estimate of drug-likeness (QED) is 0.629. The molecule has 1 heterocycles. The van der Waals surface area contributed by atoms with Crippen LogP contribution < -0.4 is 5.32 Å². The molecule has 13 heavy (non-hydrogen) atoms. The largest absolute Gasteiger partial charge is 0.444 e. The monoisotopic (exact) mass is 185 g/mol. The zero-order chi connectivity index (χ0) is 9.73. The zero-order valence-corrected chi connectivity index (χ0v) is 8.56. The van der Waals surface area contributed by atoms with Crippen LogP contribution in [0.2, 0.25) is 0 Å². The summed E-state index contributed by atoms with van der Waals surface area (Å²) in [4.78, 5) is 11.2. The molecule has 0 aromatic heterocycles. The Kier molecular flexibility index (Phi) is 3.58.